The molecule has 8 heteroatoms. The summed E-state index contributed by atoms with van der Waals surface area (Å²) in [5.41, 5.74) is 0.0242. The van der Waals surface area contributed by atoms with Gasteiger partial charge in [0.25, 0.3) is 11.5 Å². The number of halogens is 1. The zero-order valence-corrected chi connectivity index (χ0v) is 12.0. The van der Waals surface area contributed by atoms with Crippen molar-refractivity contribution in [1.29, 1.82) is 0 Å². The fourth-order valence-electron chi connectivity index (χ4n) is 1.87. The number of nitrogens with one attached hydrogen (secondary N) is 2. The Morgan fingerprint density at radius 1 is 1.27 bits per heavy atom. The second-order valence-corrected chi connectivity index (χ2v) is 4.86. The number of benzene rings is 1. The van der Waals surface area contributed by atoms with E-state index in [-0.39, 0.29) is 12.1 Å². The van der Waals surface area contributed by atoms with Crippen molar-refractivity contribution < 1.29 is 14.7 Å². The van der Waals surface area contributed by atoms with Gasteiger partial charge in [-0.1, -0.05) is 29.8 Å². The minimum Gasteiger partial charge on any atom is -0.481 e. The molecule has 0 spiro atoms. The molecule has 2 aromatic rings. The van der Waals surface area contributed by atoms with Gasteiger partial charge in [-0.15, -0.1) is 0 Å². The molecule has 0 aliphatic heterocycles. The summed E-state index contributed by atoms with van der Waals surface area (Å²) in [6, 6.07) is 8.23. The molecule has 0 bridgehead atoms. The van der Waals surface area contributed by atoms with Crippen LogP contribution in [0, 0.1) is 0 Å². The van der Waals surface area contributed by atoms with Gasteiger partial charge in [0.05, 0.1) is 12.5 Å². The average molecular weight is 322 g/mol. The van der Waals surface area contributed by atoms with Crippen LogP contribution in [0.15, 0.2) is 41.2 Å². The number of carbonyl (C=O) groups excluding carboxylic acids is 1. The molecule has 22 heavy (non-hydrogen) atoms. The highest BCUT2D eigenvalue weighted by Crippen LogP contribution is 2.25. The monoisotopic (exact) mass is 321 g/mol. The molecule has 0 aliphatic carbocycles. The van der Waals surface area contributed by atoms with E-state index in [1.165, 1.54) is 6.07 Å². The Morgan fingerprint density at radius 3 is 2.59 bits per heavy atom. The molecule has 114 valence electrons. The molecule has 1 aromatic heterocycles. The van der Waals surface area contributed by atoms with Gasteiger partial charge in [-0.05, 0) is 17.7 Å². The van der Waals surface area contributed by atoms with Gasteiger partial charge in [-0.2, -0.15) is 5.10 Å². The van der Waals surface area contributed by atoms with Gasteiger partial charge < -0.3 is 10.4 Å². The summed E-state index contributed by atoms with van der Waals surface area (Å²) in [6.07, 6.45) is -0.334. The number of nitrogens with zero attached hydrogens (tertiary/aromatic N) is 1. The summed E-state index contributed by atoms with van der Waals surface area (Å²) in [5.74, 6) is -1.69. The first-order chi connectivity index (χ1) is 10.5. The molecular weight excluding hydrogens is 310 g/mol. The predicted octanol–water partition coefficient (Wildman–Crippen LogP) is 1.37. The maximum Gasteiger partial charge on any atom is 0.305 e. The van der Waals surface area contributed by atoms with Crippen molar-refractivity contribution in [3.63, 3.8) is 0 Å². The molecule has 3 N–H and O–H groups in total. The Hall–Kier alpha value is -2.67. The third-order valence-corrected chi connectivity index (χ3v) is 3.22. The lowest BCUT2D eigenvalue weighted by atomic mass is 10.0. The van der Waals surface area contributed by atoms with E-state index in [1.807, 2.05) is 0 Å². The number of H-pyrrole nitrogens is 1. The molecule has 0 fully saturated rings. The van der Waals surface area contributed by atoms with E-state index in [1.54, 1.807) is 24.3 Å². The summed E-state index contributed by atoms with van der Waals surface area (Å²) in [7, 11) is 0. The maximum atomic E-state index is 12.1. The topological polar surface area (TPSA) is 112 Å². The van der Waals surface area contributed by atoms with Crippen molar-refractivity contribution in [2.75, 3.05) is 0 Å². The summed E-state index contributed by atoms with van der Waals surface area (Å²) in [6.45, 7) is 0. The quantitative estimate of drug-likeness (QED) is 0.770. The molecule has 0 radical (unpaired) electrons. The number of aromatic nitrogens is 2. The van der Waals surface area contributed by atoms with Crippen molar-refractivity contribution in [3.05, 3.63) is 63.0 Å². The maximum absolute atomic E-state index is 12.1. The predicted molar refractivity (Wildman–Crippen MR) is 78.8 cm³/mol. The number of aliphatic carboxylic acids is 1. The molecule has 0 saturated heterocycles. The lowest BCUT2D eigenvalue weighted by Crippen LogP contribution is -2.31. The molecule has 0 aliphatic rings. The van der Waals surface area contributed by atoms with Crippen molar-refractivity contribution in [3.8, 4) is 0 Å². The molecule has 1 aromatic carbocycles. The van der Waals surface area contributed by atoms with Crippen LogP contribution in [0.3, 0.4) is 0 Å². The van der Waals surface area contributed by atoms with Gasteiger partial charge in [-0.25, -0.2) is 5.10 Å². The molecule has 1 amide bonds. The van der Waals surface area contributed by atoms with E-state index in [0.29, 0.717) is 10.6 Å². The van der Waals surface area contributed by atoms with Crippen LogP contribution >= 0.6 is 11.6 Å². The van der Waals surface area contributed by atoms with Crippen LogP contribution < -0.4 is 10.9 Å². The van der Waals surface area contributed by atoms with Crippen LogP contribution in [0.4, 0.5) is 0 Å². The second-order valence-electron chi connectivity index (χ2n) is 4.45. The van der Waals surface area contributed by atoms with E-state index in [4.69, 9.17) is 16.7 Å². The van der Waals surface area contributed by atoms with E-state index in [2.05, 4.69) is 15.5 Å². The number of amides is 1. The summed E-state index contributed by atoms with van der Waals surface area (Å²) in [5, 5.41) is 17.6. The third-order valence-electron chi connectivity index (χ3n) is 2.88. The Kier molecular flexibility index (Phi) is 4.90. The minimum absolute atomic E-state index is 0.0259. The van der Waals surface area contributed by atoms with Gasteiger partial charge in [0, 0.05) is 11.1 Å². The summed E-state index contributed by atoms with van der Waals surface area (Å²) < 4.78 is 0. The Balaban J connectivity index is 2.25. The Bertz CT molecular complexity index is 739. The van der Waals surface area contributed by atoms with Crippen molar-refractivity contribution >= 4 is 23.5 Å². The first-order valence-corrected chi connectivity index (χ1v) is 6.68. The van der Waals surface area contributed by atoms with Crippen LogP contribution in [0.5, 0.6) is 0 Å². The highest BCUT2D eigenvalue weighted by molar-refractivity contribution is 6.31. The number of hydrogen-bond acceptors (Lipinski definition) is 4. The largest absolute Gasteiger partial charge is 0.481 e. The Labute approximate surface area is 129 Å². The van der Waals surface area contributed by atoms with Gasteiger partial charge in [0.1, 0.15) is 5.69 Å². The standard InChI is InChI=1S/C14H12ClN3O4/c15-9-4-2-1-3-8(9)11(7-13(20)21)16-14(22)10-5-6-12(19)18-17-10/h1-6,11H,7H2,(H,16,22)(H,18,19)(H,20,21). The Morgan fingerprint density at radius 2 is 2.00 bits per heavy atom. The van der Waals surface area contributed by atoms with Crippen LogP contribution in [-0.4, -0.2) is 27.2 Å². The number of carboxylic acid groups (broad SMARTS) is 1. The van der Waals surface area contributed by atoms with Crippen LogP contribution in [0.25, 0.3) is 0 Å². The molecule has 2 rings (SSSR count). The van der Waals surface area contributed by atoms with Gasteiger partial charge in [0.2, 0.25) is 0 Å². The van der Waals surface area contributed by atoms with Crippen LogP contribution in [0.2, 0.25) is 5.02 Å². The van der Waals surface area contributed by atoms with E-state index < -0.39 is 23.5 Å². The van der Waals surface area contributed by atoms with Gasteiger partial charge in [-0.3, -0.25) is 14.4 Å². The van der Waals surface area contributed by atoms with Crippen molar-refractivity contribution in [2.24, 2.45) is 0 Å². The molecule has 1 heterocycles. The van der Waals surface area contributed by atoms with Crippen LogP contribution in [0.1, 0.15) is 28.5 Å². The highest BCUT2D eigenvalue weighted by Gasteiger charge is 2.21. The fourth-order valence-corrected chi connectivity index (χ4v) is 2.14. The first kappa shape index (κ1) is 15.7. The van der Waals surface area contributed by atoms with Gasteiger partial charge in [0.15, 0.2) is 0 Å². The third kappa shape index (κ3) is 3.92. The van der Waals surface area contributed by atoms with Crippen LogP contribution in [-0.2, 0) is 4.79 Å². The molecule has 0 saturated carbocycles. The number of hydrogen-bond donors (Lipinski definition) is 3. The minimum atomic E-state index is -1.08. The summed E-state index contributed by atoms with van der Waals surface area (Å²) >= 11 is 6.05. The first-order valence-electron chi connectivity index (χ1n) is 6.30. The number of carboxylic acids is 1. The van der Waals surface area contributed by atoms with Gasteiger partial charge >= 0.3 is 5.97 Å². The normalized spacial score (nSPS) is 11.7. The van der Waals surface area contributed by atoms with Crippen molar-refractivity contribution in [2.45, 2.75) is 12.5 Å². The summed E-state index contributed by atoms with van der Waals surface area (Å²) in [4.78, 5) is 34.0. The van der Waals surface area contributed by atoms with Crippen molar-refractivity contribution in [1.82, 2.24) is 15.5 Å². The van der Waals surface area contributed by atoms with E-state index in [9.17, 15) is 14.4 Å². The zero-order valence-electron chi connectivity index (χ0n) is 11.2. The van der Waals surface area contributed by atoms with E-state index >= 15 is 0 Å². The number of carbonyl (C=O) groups is 2. The second kappa shape index (κ2) is 6.86. The molecule has 7 nitrogen and oxygen atoms in total. The molecule has 1 atom stereocenters. The smallest absolute Gasteiger partial charge is 0.305 e. The lowest BCUT2D eigenvalue weighted by Gasteiger charge is -2.18. The molecular formula is C14H12ClN3O4. The molecule has 1 unspecified atom stereocenters. The fraction of sp³-hybridized carbons (Fsp3) is 0.143. The number of rotatable bonds is 5. The van der Waals surface area contributed by atoms with E-state index in [0.717, 1.165) is 6.07 Å². The zero-order chi connectivity index (χ0) is 16.1. The SMILES string of the molecule is O=C(O)CC(NC(=O)c1ccc(=O)[nH]n1)c1ccccc1Cl. The lowest BCUT2D eigenvalue weighted by molar-refractivity contribution is -0.137. The average Bonchev–Trinajstić information content (AvgIpc) is 2.47. The highest BCUT2D eigenvalue weighted by atomic mass is 35.5. The number of aromatic amines is 1.